The molecule has 5 nitrogen and oxygen atoms in total. The SMILES string of the molecule is CCOC(=O)CCCC[C@@H](CCOC)OC(=O)CC. The third kappa shape index (κ3) is 10.5. The van der Waals surface area contributed by atoms with Gasteiger partial charge in [0.15, 0.2) is 0 Å². The van der Waals surface area contributed by atoms with Crippen LogP contribution in [0.5, 0.6) is 0 Å². The molecule has 0 heterocycles. The van der Waals surface area contributed by atoms with Crippen LogP contribution in [0.4, 0.5) is 0 Å². The van der Waals surface area contributed by atoms with Gasteiger partial charge in [0, 0.05) is 33.0 Å². The Bertz CT molecular complexity index is 252. The molecule has 0 amide bonds. The van der Waals surface area contributed by atoms with Gasteiger partial charge in [-0.3, -0.25) is 9.59 Å². The van der Waals surface area contributed by atoms with Crippen molar-refractivity contribution in [1.82, 2.24) is 0 Å². The minimum atomic E-state index is -0.188. The molecule has 19 heavy (non-hydrogen) atoms. The molecule has 5 heteroatoms. The highest BCUT2D eigenvalue weighted by Crippen LogP contribution is 2.12. The number of ether oxygens (including phenoxy) is 3. The highest BCUT2D eigenvalue weighted by Gasteiger charge is 2.13. The van der Waals surface area contributed by atoms with Gasteiger partial charge >= 0.3 is 11.9 Å². The average Bonchev–Trinajstić information content (AvgIpc) is 2.40. The van der Waals surface area contributed by atoms with Crippen molar-refractivity contribution in [2.75, 3.05) is 20.3 Å². The summed E-state index contributed by atoms with van der Waals surface area (Å²) in [5.74, 6) is -0.354. The van der Waals surface area contributed by atoms with E-state index < -0.39 is 0 Å². The fraction of sp³-hybridized carbons (Fsp3) is 0.857. The van der Waals surface area contributed by atoms with Crippen LogP contribution in [0.1, 0.15) is 52.4 Å². The molecular formula is C14H26O5. The van der Waals surface area contributed by atoms with E-state index in [2.05, 4.69) is 0 Å². The molecule has 112 valence electrons. The molecule has 0 rings (SSSR count). The molecule has 0 N–H and O–H groups in total. The summed E-state index contributed by atoms with van der Waals surface area (Å²) in [6.07, 6.45) is 3.74. The lowest BCUT2D eigenvalue weighted by Gasteiger charge is -2.17. The molecule has 0 aromatic heterocycles. The maximum absolute atomic E-state index is 11.3. The third-order valence-corrected chi connectivity index (χ3v) is 2.69. The second kappa shape index (κ2) is 12.0. The molecule has 0 aromatic rings. The van der Waals surface area contributed by atoms with Crippen LogP contribution < -0.4 is 0 Å². The predicted molar refractivity (Wildman–Crippen MR) is 71.8 cm³/mol. The zero-order valence-corrected chi connectivity index (χ0v) is 12.3. The maximum atomic E-state index is 11.3. The predicted octanol–water partition coefficient (Wildman–Crippen LogP) is 2.47. The molecule has 0 bridgehead atoms. The van der Waals surface area contributed by atoms with E-state index in [9.17, 15) is 9.59 Å². The van der Waals surface area contributed by atoms with E-state index in [1.54, 1.807) is 21.0 Å². The number of unbranched alkanes of at least 4 members (excludes halogenated alkanes) is 1. The van der Waals surface area contributed by atoms with E-state index in [0.717, 1.165) is 19.3 Å². The Labute approximate surface area is 115 Å². The first-order chi connectivity index (χ1) is 9.13. The molecular weight excluding hydrogens is 248 g/mol. The van der Waals surface area contributed by atoms with Crippen molar-refractivity contribution < 1.29 is 23.8 Å². The van der Waals surface area contributed by atoms with Gasteiger partial charge in [-0.2, -0.15) is 0 Å². The fourth-order valence-corrected chi connectivity index (χ4v) is 1.66. The van der Waals surface area contributed by atoms with Crippen molar-refractivity contribution in [3.05, 3.63) is 0 Å². The quantitative estimate of drug-likeness (QED) is 0.428. The van der Waals surface area contributed by atoms with Gasteiger partial charge in [-0.1, -0.05) is 6.92 Å². The molecule has 1 atom stereocenters. The van der Waals surface area contributed by atoms with E-state index in [-0.39, 0.29) is 18.0 Å². The van der Waals surface area contributed by atoms with E-state index in [1.807, 2.05) is 0 Å². The Morgan fingerprint density at radius 2 is 1.79 bits per heavy atom. The molecule has 0 spiro atoms. The number of methoxy groups -OCH3 is 1. The summed E-state index contributed by atoms with van der Waals surface area (Å²) in [6, 6.07) is 0. The first kappa shape index (κ1) is 17.9. The number of esters is 2. The summed E-state index contributed by atoms with van der Waals surface area (Å²) in [6.45, 7) is 4.56. The molecule has 0 aliphatic carbocycles. The van der Waals surface area contributed by atoms with Gasteiger partial charge in [0.1, 0.15) is 6.10 Å². The summed E-state index contributed by atoms with van der Waals surface area (Å²) in [5.41, 5.74) is 0. The topological polar surface area (TPSA) is 61.8 Å². The van der Waals surface area contributed by atoms with Crippen LogP contribution in [-0.2, 0) is 23.8 Å². The summed E-state index contributed by atoms with van der Waals surface area (Å²) >= 11 is 0. The van der Waals surface area contributed by atoms with E-state index >= 15 is 0 Å². The lowest BCUT2D eigenvalue weighted by atomic mass is 10.1. The van der Waals surface area contributed by atoms with Crippen molar-refractivity contribution in [2.24, 2.45) is 0 Å². The molecule has 0 aliphatic heterocycles. The number of hydrogen-bond acceptors (Lipinski definition) is 5. The van der Waals surface area contributed by atoms with Crippen LogP contribution in [-0.4, -0.2) is 38.4 Å². The first-order valence-corrected chi connectivity index (χ1v) is 6.98. The minimum Gasteiger partial charge on any atom is -0.466 e. The smallest absolute Gasteiger partial charge is 0.305 e. The third-order valence-electron chi connectivity index (χ3n) is 2.69. The second-order valence-corrected chi connectivity index (χ2v) is 4.30. The molecule has 0 aliphatic rings. The molecule has 0 saturated heterocycles. The number of hydrogen-bond donors (Lipinski definition) is 0. The molecule has 0 radical (unpaired) electrons. The van der Waals surface area contributed by atoms with Gasteiger partial charge in [-0.25, -0.2) is 0 Å². The van der Waals surface area contributed by atoms with E-state index in [1.165, 1.54) is 0 Å². The van der Waals surface area contributed by atoms with E-state index in [0.29, 0.717) is 32.5 Å². The minimum absolute atomic E-state index is 0.116. The van der Waals surface area contributed by atoms with Crippen LogP contribution >= 0.6 is 0 Å². The Balaban J connectivity index is 3.84. The fourth-order valence-electron chi connectivity index (χ4n) is 1.66. The summed E-state index contributed by atoms with van der Waals surface area (Å²) < 4.78 is 15.2. The van der Waals surface area contributed by atoms with E-state index in [4.69, 9.17) is 14.2 Å². The van der Waals surface area contributed by atoms with Crippen LogP contribution in [0.2, 0.25) is 0 Å². The first-order valence-electron chi connectivity index (χ1n) is 6.98. The largest absolute Gasteiger partial charge is 0.466 e. The zero-order chi connectivity index (χ0) is 14.5. The highest BCUT2D eigenvalue weighted by molar-refractivity contribution is 5.69. The number of carbonyl (C=O) groups is 2. The van der Waals surface area contributed by atoms with Gasteiger partial charge < -0.3 is 14.2 Å². The summed E-state index contributed by atoms with van der Waals surface area (Å²) in [5, 5.41) is 0. The van der Waals surface area contributed by atoms with Crippen LogP contribution in [0.25, 0.3) is 0 Å². The number of carbonyl (C=O) groups excluding carboxylic acids is 2. The monoisotopic (exact) mass is 274 g/mol. The van der Waals surface area contributed by atoms with Crippen molar-refractivity contribution in [1.29, 1.82) is 0 Å². The van der Waals surface area contributed by atoms with Crippen molar-refractivity contribution >= 4 is 11.9 Å². The van der Waals surface area contributed by atoms with Gasteiger partial charge in [0.2, 0.25) is 0 Å². The maximum Gasteiger partial charge on any atom is 0.305 e. The highest BCUT2D eigenvalue weighted by atomic mass is 16.5. The second-order valence-electron chi connectivity index (χ2n) is 4.30. The molecule has 0 aromatic carbocycles. The Morgan fingerprint density at radius 3 is 2.37 bits per heavy atom. The Kier molecular flexibility index (Phi) is 11.3. The zero-order valence-electron chi connectivity index (χ0n) is 12.3. The molecule has 0 unspecified atom stereocenters. The van der Waals surface area contributed by atoms with Crippen molar-refractivity contribution in [3.8, 4) is 0 Å². The van der Waals surface area contributed by atoms with Gasteiger partial charge in [-0.15, -0.1) is 0 Å². The van der Waals surface area contributed by atoms with Gasteiger partial charge in [0.05, 0.1) is 6.61 Å². The summed E-state index contributed by atoms with van der Waals surface area (Å²) in [4.78, 5) is 22.4. The standard InChI is InChI=1S/C14H26O5/c1-4-13(15)19-12(10-11-17-3)8-6-7-9-14(16)18-5-2/h12H,4-11H2,1-3H3/t12-/m0/s1. The lowest BCUT2D eigenvalue weighted by Crippen LogP contribution is -2.19. The van der Waals surface area contributed by atoms with Crippen molar-refractivity contribution in [3.63, 3.8) is 0 Å². The Morgan fingerprint density at radius 1 is 1.05 bits per heavy atom. The van der Waals surface area contributed by atoms with Crippen LogP contribution in [0, 0.1) is 0 Å². The normalized spacial score (nSPS) is 11.9. The molecule has 0 saturated carbocycles. The van der Waals surface area contributed by atoms with Gasteiger partial charge in [-0.05, 0) is 26.2 Å². The van der Waals surface area contributed by atoms with Crippen LogP contribution in [0.3, 0.4) is 0 Å². The molecule has 0 fully saturated rings. The van der Waals surface area contributed by atoms with Crippen LogP contribution in [0.15, 0.2) is 0 Å². The lowest BCUT2D eigenvalue weighted by molar-refractivity contribution is -0.150. The van der Waals surface area contributed by atoms with Crippen molar-refractivity contribution in [2.45, 2.75) is 58.5 Å². The Hall–Kier alpha value is -1.10. The van der Waals surface area contributed by atoms with Gasteiger partial charge in [0.25, 0.3) is 0 Å². The average molecular weight is 274 g/mol. The number of rotatable bonds is 11. The summed E-state index contributed by atoms with van der Waals surface area (Å²) in [7, 11) is 1.62.